The third-order valence-electron chi connectivity index (χ3n) is 3.58. The van der Waals surface area contributed by atoms with Crippen molar-refractivity contribution in [2.75, 3.05) is 0 Å². The van der Waals surface area contributed by atoms with Gasteiger partial charge in [-0.2, -0.15) is 0 Å². The molecule has 0 atom stereocenters. The summed E-state index contributed by atoms with van der Waals surface area (Å²) in [6, 6.07) is 12.5. The predicted molar refractivity (Wildman–Crippen MR) is 81.4 cm³/mol. The molecule has 3 aromatic rings. The first-order chi connectivity index (χ1) is 9.16. The first-order valence-corrected chi connectivity index (χ1v) is 7.19. The number of hydrogen-bond donors (Lipinski definition) is 0. The molecule has 96 valence electrons. The van der Waals surface area contributed by atoms with Gasteiger partial charge in [-0.25, -0.2) is 4.98 Å². The maximum absolute atomic E-state index is 4.77. The highest BCUT2D eigenvalue weighted by Gasteiger charge is 2.12. The minimum atomic E-state index is 1.07. The Hall–Kier alpha value is -1.87. The number of benzene rings is 1. The van der Waals surface area contributed by atoms with Gasteiger partial charge in [0.15, 0.2) is 0 Å². The zero-order valence-electron chi connectivity index (χ0n) is 11.3. The molecule has 0 radical (unpaired) electrons. The number of thiazole rings is 1. The molecule has 2 nitrogen and oxygen atoms in total. The van der Waals surface area contributed by atoms with Gasteiger partial charge in [0.2, 0.25) is 0 Å². The van der Waals surface area contributed by atoms with Crippen LogP contribution in [0, 0.1) is 13.8 Å². The van der Waals surface area contributed by atoms with Crippen molar-refractivity contribution in [1.29, 1.82) is 0 Å². The highest BCUT2D eigenvalue weighted by atomic mass is 32.1. The second kappa shape index (κ2) is 4.67. The van der Waals surface area contributed by atoms with Crippen LogP contribution >= 0.6 is 11.3 Å². The molecule has 0 bridgehead atoms. The van der Waals surface area contributed by atoms with Crippen LogP contribution in [0.25, 0.3) is 21.8 Å². The number of hydrogen-bond acceptors (Lipinski definition) is 2. The standard InChI is InChI=1S/C16H16N2S/c1-11-9-14(12(2)18(11)3)15-10-19-16(17-15)13-7-5-4-6-8-13/h4-10H,1-3H3. The van der Waals surface area contributed by atoms with E-state index in [2.05, 4.69) is 49.0 Å². The van der Waals surface area contributed by atoms with Crippen LogP contribution in [0.2, 0.25) is 0 Å². The monoisotopic (exact) mass is 268 g/mol. The van der Waals surface area contributed by atoms with Gasteiger partial charge in [0.05, 0.1) is 5.69 Å². The van der Waals surface area contributed by atoms with Crippen LogP contribution in [0.3, 0.4) is 0 Å². The SMILES string of the molecule is Cc1cc(-c2csc(-c3ccccc3)n2)c(C)n1C. The smallest absolute Gasteiger partial charge is 0.124 e. The Bertz CT molecular complexity index is 708. The molecule has 0 fully saturated rings. The van der Waals surface area contributed by atoms with Gasteiger partial charge >= 0.3 is 0 Å². The summed E-state index contributed by atoms with van der Waals surface area (Å²) in [4.78, 5) is 4.77. The molecule has 0 aliphatic carbocycles. The molecule has 0 unspecified atom stereocenters. The zero-order chi connectivity index (χ0) is 13.4. The van der Waals surface area contributed by atoms with Gasteiger partial charge in [0.25, 0.3) is 0 Å². The van der Waals surface area contributed by atoms with E-state index in [9.17, 15) is 0 Å². The van der Waals surface area contributed by atoms with Crippen molar-refractivity contribution in [3.05, 3.63) is 53.2 Å². The second-order valence-electron chi connectivity index (χ2n) is 4.75. The lowest BCUT2D eigenvalue weighted by Gasteiger charge is -2.00. The van der Waals surface area contributed by atoms with Crippen molar-refractivity contribution in [1.82, 2.24) is 9.55 Å². The lowest BCUT2D eigenvalue weighted by Crippen LogP contribution is -1.92. The third-order valence-corrected chi connectivity index (χ3v) is 4.47. The molecule has 2 heterocycles. The summed E-state index contributed by atoms with van der Waals surface area (Å²) >= 11 is 1.70. The van der Waals surface area contributed by atoms with Gasteiger partial charge in [-0.05, 0) is 19.9 Å². The predicted octanol–water partition coefficient (Wildman–Crippen LogP) is 4.43. The van der Waals surface area contributed by atoms with Crippen molar-refractivity contribution in [2.45, 2.75) is 13.8 Å². The molecule has 0 amide bonds. The molecular weight excluding hydrogens is 252 g/mol. The minimum absolute atomic E-state index is 1.07. The van der Waals surface area contributed by atoms with Gasteiger partial charge in [0, 0.05) is 34.9 Å². The Morgan fingerprint density at radius 1 is 1.11 bits per heavy atom. The first-order valence-electron chi connectivity index (χ1n) is 6.31. The zero-order valence-corrected chi connectivity index (χ0v) is 12.2. The molecule has 0 saturated carbocycles. The molecule has 3 rings (SSSR count). The van der Waals surface area contributed by atoms with Crippen LogP contribution in [0.1, 0.15) is 11.4 Å². The molecule has 19 heavy (non-hydrogen) atoms. The van der Waals surface area contributed by atoms with E-state index >= 15 is 0 Å². The Kier molecular flexibility index (Phi) is 2.99. The van der Waals surface area contributed by atoms with E-state index in [1.807, 2.05) is 18.2 Å². The Balaban J connectivity index is 2.04. The van der Waals surface area contributed by atoms with Crippen LogP contribution in [0.15, 0.2) is 41.8 Å². The summed E-state index contributed by atoms with van der Waals surface area (Å²) in [6.07, 6.45) is 0. The van der Waals surface area contributed by atoms with Crippen LogP contribution < -0.4 is 0 Å². The fourth-order valence-corrected chi connectivity index (χ4v) is 3.05. The summed E-state index contributed by atoms with van der Waals surface area (Å²) in [5.74, 6) is 0. The van der Waals surface area contributed by atoms with E-state index in [-0.39, 0.29) is 0 Å². The van der Waals surface area contributed by atoms with Crippen molar-refractivity contribution in [2.24, 2.45) is 7.05 Å². The van der Waals surface area contributed by atoms with Crippen LogP contribution in [-0.2, 0) is 7.05 Å². The minimum Gasteiger partial charge on any atom is -0.351 e. The maximum atomic E-state index is 4.77. The van der Waals surface area contributed by atoms with Crippen LogP contribution in [-0.4, -0.2) is 9.55 Å². The summed E-state index contributed by atoms with van der Waals surface area (Å²) in [5.41, 5.74) is 6.02. The molecule has 1 aromatic carbocycles. The van der Waals surface area contributed by atoms with E-state index in [1.54, 1.807) is 11.3 Å². The van der Waals surface area contributed by atoms with E-state index < -0.39 is 0 Å². The molecular formula is C16H16N2S. The van der Waals surface area contributed by atoms with Gasteiger partial charge in [-0.1, -0.05) is 30.3 Å². The molecule has 0 aliphatic rings. The maximum Gasteiger partial charge on any atom is 0.124 e. The molecule has 0 aliphatic heterocycles. The van der Waals surface area contributed by atoms with E-state index in [0.717, 1.165) is 10.7 Å². The average molecular weight is 268 g/mol. The number of rotatable bonds is 2. The fraction of sp³-hybridized carbons (Fsp3) is 0.188. The molecule has 0 saturated heterocycles. The van der Waals surface area contributed by atoms with Crippen molar-refractivity contribution in [3.63, 3.8) is 0 Å². The number of aromatic nitrogens is 2. The van der Waals surface area contributed by atoms with Gasteiger partial charge < -0.3 is 4.57 Å². The van der Waals surface area contributed by atoms with Gasteiger partial charge in [-0.3, -0.25) is 0 Å². The van der Waals surface area contributed by atoms with Crippen molar-refractivity contribution >= 4 is 11.3 Å². The van der Waals surface area contributed by atoms with E-state index in [0.29, 0.717) is 0 Å². The molecule has 0 spiro atoms. The number of aryl methyl sites for hydroxylation is 1. The van der Waals surface area contributed by atoms with Crippen LogP contribution in [0.5, 0.6) is 0 Å². The molecule has 0 N–H and O–H groups in total. The normalized spacial score (nSPS) is 10.9. The van der Waals surface area contributed by atoms with Crippen molar-refractivity contribution in [3.8, 4) is 21.8 Å². The third kappa shape index (κ3) is 2.10. The quantitative estimate of drug-likeness (QED) is 0.672. The first kappa shape index (κ1) is 12.2. The lowest BCUT2D eigenvalue weighted by atomic mass is 10.2. The summed E-state index contributed by atoms with van der Waals surface area (Å²) in [5, 5.41) is 3.22. The largest absolute Gasteiger partial charge is 0.351 e. The Labute approximate surface area is 117 Å². The molecule has 3 heteroatoms. The fourth-order valence-electron chi connectivity index (χ4n) is 2.23. The van der Waals surface area contributed by atoms with Gasteiger partial charge in [-0.15, -0.1) is 11.3 Å². The summed E-state index contributed by atoms with van der Waals surface area (Å²) in [6.45, 7) is 4.27. The van der Waals surface area contributed by atoms with E-state index in [1.165, 1.54) is 22.5 Å². The summed E-state index contributed by atoms with van der Waals surface area (Å²) < 4.78 is 2.21. The van der Waals surface area contributed by atoms with Crippen molar-refractivity contribution < 1.29 is 0 Å². The highest BCUT2D eigenvalue weighted by molar-refractivity contribution is 7.13. The number of nitrogens with zero attached hydrogens (tertiary/aromatic N) is 2. The summed E-state index contributed by atoms with van der Waals surface area (Å²) in [7, 11) is 2.10. The Morgan fingerprint density at radius 2 is 1.84 bits per heavy atom. The lowest BCUT2D eigenvalue weighted by molar-refractivity contribution is 0.845. The topological polar surface area (TPSA) is 17.8 Å². The van der Waals surface area contributed by atoms with Crippen LogP contribution in [0.4, 0.5) is 0 Å². The molecule has 2 aromatic heterocycles. The highest BCUT2D eigenvalue weighted by Crippen LogP contribution is 2.31. The van der Waals surface area contributed by atoms with Gasteiger partial charge in [0.1, 0.15) is 5.01 Å². The Morgan fingerprint density at radius 3 is 2.47 bits per heavy atom. The van der Waals surface area contributed by atoms with E-state index in [4.69, 9.17) is 4.98 Å². The second-order valence-corrected chi connectivity index (χ2v) is 5.61. The average Bonchev–Trinajstić information content (AvgIpc) is 3.01.